The highest BCUT2D eigenvalue weighted by Gasteiger charge is 2.09. The summed E-state index contributed by atoms with van der Waals surface area (Å²) in [5.74, 6) is 0.720. The molecule has 0 aliphatic rings. The second kappa shape index (κ2) is 7.12. The fourth-order valence-corrected chi connectivity index (χ4v) is 1.65. The molecule has 0 aliphatic heterocycles. The number of amides is 2. The molecule has 0 fully saturated rings. The summed E-state index contributed by atoms with van der Waals surface area (Å²) in [6, 6.07) is 13.9. The van der Waals surface area contributed by atoms with Crippen LogP contribution in [0.4, 0.5) is 9.59 Å². The number of benzene rings is 2. The predicted molar refractivity (Wildman–Crippen MR) is 79.3 cm³/mol. The number of hydrogen-bond donors (Lipinski definition) is 0. The molecule has 2 amide bonds. The lowest BCUT2D eigenvalue weighted by molar-refractivity contribution is 0.200. The topological polar surface area (TPSA) is 77.3 Å². The molecule has 6 nitrogen and oxygen atoms in total. The molecule has 0 aliphatic carbocycles. The van der Waals surface area contributed by atoms with Crippen LogP contribution in [-0.4, -0.2) is 12.2 Å². The fourth-order valence-electron chi connectivity index (χ4n) is 1.65. The molecular weight excluding hydrogens is 284 g/mol. The summed E-state index contributed by atoms with van der Waals surface area (Å²) in [6.45, 7) is 3.57. The van der Waals surface area contributed by atoms with E-state index in [0.29, 0.717) is 11.5 Å². The lowest BCUT2D eigenvalue weighted by Crippen LogP contribution is -2.06. The van der Waals surface area contributed by atoms with Crippen LogP contribution in [0, 0.1) is 13.8 Å². The smallest absolute Gasteiger partial charge is 0.407 e. The van der Waals surface area contributed by atoms with Crippen molar-refractivity contribution in [2.24, 2.45) is 10.2 Å². The molecule has 0 unspecified atom stereocenters. The number of carbonyl (C=O) groups excluding carboxylic acids is 2. The minimum atomic E-state index is -0.990. The molecule has 0 atom stereocenters. The third kappa shape index (κ3) is 4.24. The molecule has 0 spiro atoms. The SMILES string of the molecule is Cc1ccccc1OC(=O)/N=N/C(=O)Oc1ccccc1C. The van der Waals surface area contributed by atoms with E-state index >= 15 is 0 Å². The first-order chi connectivity index (χ1) is 10.6. The largest absolute Gasteiger partial charge is 0.458 e. The first-order valence-electron chi connectivity index (χ1n) is 6.53. The molecular formula is C16H14N2O4. The quantitative estimate of drug-likeness (QED) is 0.767. The molecule has 112 valence electrons. The van der Waals surface area contributed by atoms with Gasteiger partial charge in [-0.3, -0.25) is 0 Å². The average Bonchev–Trinajstić information content (AvgIpc) is 2.50. The zero-order valence-corrected chi connectivity index (χ0v) is 12.1. The molecule has 2 aromatic rings. The fraction of sp³-hybridized carbons (Fsp3) is 0.125. The number of para-hydroxylation sites is 2. The highest BCUT2D eigenvalue weighted by Crippen LogP contribution is 2.18. The van der Waals surface area contributed by atoms with Crippen LogP contribution in [0.5, 0.6) is 11.5 Å². The summed E-state index contributed by atoms with van der Waals surface area (Å²) in [5.41, 5.74) is 1.54. The van der Waals surface area contributed by atoms with Crippen LogP contribution in [-0.2, 0) is 0 Å². The minimum Gasteiger partial charge on any atom is -0.407 e. The summed E-state index contributed by atoms with van der Waals surface area (Å²) >= 11 is 0. The van der Waals surface area contributed by atoms with Crippen molar-refractivity contribution in [3.8, 4) is 11.5 Å². The van der Waals surface area contributed by atoms with Crippen molar-refractivity contribution < 1.29 is 19.1 Å². The van der Waals surface area contributed by atoms with Gasteiger partial charge in [-0.25, -0.2) is 9.59 Å². The molecule has 0 radical (unpaired) electrons. The second-order valence-corrected chi connectivity index (χ2v) is 4.47. The molecule has 2 aromatic carbocycles. The minimum absolute atomic E-state index is 0.360. The summed E-state index contributed by atoms with van der Waals surface area (Å²) in [4.78, 5) is 23.0. The monoisotopic (exact) mass is 298 g/mol. The first kappa shape index (κ1) is 15.4. The Morgan fingerprint density at radius 2 is 1.09 bits per heavy atom. The van der Waals surface area contributed by atoms with Gasteiger partial charge in [-0.05, 0) is 37.1 Å². The standard InChI is InChI=1S/C16H14N2O4/c1-11-7-3-5-9-13(11)21-15(19)17-18-16(20)22-14-10-6-4-8-12(14)2/h3-10H,1-2H3/b18-17+. The van der Waals surface area contributed by atoms with Gasteiger partial charge in [0.2, 0.25) is 0 Å². The Morgan fingerprint density at radius 3 is 1.45 bits per heavy atom. The third-order valence-corrected chi connectivity index (χ3v) is 2.80. The molecule has 0 heterocycles. The maximum Gasteiger partial charge on any atom is 0.458 e. The van der Waals surface area contributed by atoms with Gasteiger partial charge in [0.15, 0.2) is 0 Å². The first-order valence-corrected chi connectivity index (χ1v) is 6.53. The predicted octanol–water partition coefficient (Wildman–Crippen LogP) is 4.45. The molecule has 0 saturated heterocycles. The van der Waals surface area contributed by atoms with Gasteiger partial charge >= 0.3 is 12.2 Å². The van der Waals surface area contributed by atoms with Crippen molar-refractivity contribution in [2.45, 2.75) is 13.8 Å². The van der Waals surface area contributed by atoms with Gasteiger partial charge in [-0.2, -0.15) is 0 Å². The summed E-state index contributed by atoms with van der Waals surface area (Å²) in [7, 11) is 0. The number of azo groups is 1. The molecule has 0 aromatic heterocycles. The van der Waals surface area contributed by atoms with Crippen molar-refractivity contribution in [1.82, 2.24) is 0 Å². The van der Waals surface area contributed by atoms with Crippen molar-refractivity contribution in [3.63, 3.8) is 0 Å². The van der Waals surface area contributed by atoms with Crippen LogP contribution in [0.2, 0.25) is 0 Å². The summed E-state index contributed by atoms with van der Waals surface area (Å²) < 4.78 is 9.92. The molecule has 0 bridgehead atoms. The van der Waals surface area contributed by atoms with Gasteiger partial charge in [-0.15, -0.1) is 0 Å². The number of aryl methyl sites for hydroxylation is 2. The lowest BCUT2D eigenvalue weighted by atomic mass is 10.2. The van der Waals surface area contributed by atoms with Crippen LogP contribution >= 0.6 is 0 Å². The average molecular weight is 298 g/mol. The Kier molecular flexibility index (Phi) is 4.98. The van der Waals surface area contributed by atoms with Gasteiger partial charge in [0, 0.05) is 0 Å². The zero-order chi connectivity index (χ0) is 15.9. The van der Waals surface area contributed by atoms with Crippen molar-refractivity contribution in [2.75, 3.05) is 0 Å². The maximum absolute atomic E-state index is 11.5. The van der Waals surface area contributed by atoms with Crippen LogP contribution in [0.1, 0.15) is 11.1 Å². The lowest BCUT2D eigenvalue weighted by Gasteiger charge is -2.03. The van der Waals surface area contributed by atoms with E-state index < -0.39 is 12.2 Å². The number of nitrogens with zero attached hydrogens (tertiary/aromatic N) is 2. The Balaban J connectivity index is 1.94. The van der Waals surface area contributed by atoms with Crippen LogP contribution in [0.15, 0.2) is 58.8 Å². The maximum atomic E-state index is 11.5. The highest BCUT2D eigenvalue weighted by atomic mass is 16.6. The van der Waals surface area contributed by atoms with E-state index in [0.717, 1.165) is 11.1 Å². The van der Waals surface area contributed by atoms with Crippen LogP contribution in [0.25, 0.3) is 0 Å². The van der Waals surface area contributed by atoms with Gasteiger partial charge in [-0.1, -0.05) is 46.6 Å². The Hall–Kier alpha value is -3.02. The number of carbonyl (C=O) groups is 2. The van der Waals surface area contributed by atoms with Crippen LogP contribution < -0.4 is 9.47 Å². The van der Waals surface area contributed by atoms with E-state index in [4.69, 9.17) is 9.47 Å². The van der Waals surface area contributed by atoms with E-state index in [-0.39, 0.29) is 0 Å². The van der Waals surface area contributed by atoms with Crippen LogP contribution in [0.3, 0.4) is 0 Å². The van der Waals surface area contributed by atoms with E-state index in [1.807, 2.05) is 12.1 Å². The molecule has 2 rings (SSSR count). The molecule has 22 heavy (non-hydrogen) atoms. The van der Waals surface area contributed by atoms with E-state index in [1.165, 1.54) is 0 Å². The molecule has 0 N–H and O–H groups in total. The van der Waals surface area contributed by atoms with Gasteiger partial charge < -0.3 is 9.47 Å². The van der Waals surface area contributed by atoms with Crippen molar-refractivity contribution in [3.05, 3.63) is 59.7 Å². The normalized spacial score (nSPS) is 10.5. The number of rotatable bonds is 2. The number of ether oxygens (including phenoxy) is 2. The Labute approximate surface area is 127 Å². The molecule has 0 saturated carbocycles. The van der Waals surface area contributed by atoms with Gasteiger partial charge in [0.1, 0.15) is 11.5 Å². The van der Waals surface area contributed by atoms with Gasteiger partial charge in [0.25, 0.3) is 0 Å². The summed E-state index contributed by atoms with van der Waals surface area (Å²) in [5, 5.41) is 6.35. The Morgan fingerprint density at radius 1 is 0.727 bits per heavy atom. The van der Waals surface area contributed by atoms with E-state index in [2.05, 4.69) is 10.2 Å². The zero-order valence-electron chi connectivity index (χ0n) is 12.1. The third-order valence-electron chi connectivity index (χ3n) is 2.80. The second-order valence-electron chi connectivity index (χ2n) is 4.47. The summed E-state index contributed by atoms with van der Waals surface area (Å²) in [6.07, 6.45) is -1.98. The highest BCUT2D eigenvalue weighted by molar-refractivity contribution is 5.76. The Bertz CT molecular complexity index is 664. The number of hydrogen-bond acceptors (Lipinski definition) is 4. The molecule has 6 heteroatoms. The van der Waals surface area contributed by atoms with E-state index in [1.54, 1.807) is 50.2 Å². The van der Waals surface area contributed by atoms with Gasteiger partial charge in [0.05, 0.1) is 0 Å². The van der Waals surface area contributed by atoms with Crippen molar-refractivity contribution >= 4 is 12.2 Å². The van der Waals surface area contributed by atoms with Crippen molar-refractivity contribution in [1.29, 1.82) is 0 Å². The van der Waals surface area contributed by atoms with E-state index in [9.17, 15) is 9.59 Å².